The first-order valence-corrected chi connectivity index (χ1v) is 12.5. The minimum Gasteiger partial charge on any atom is -0.480 e. The molecule has 3 heterocycles. The van der Waals surface area contributed by atoms with Crippen molar-refractivity contribution < 1.29 is 9.90 Å². The molecule has 2 aliphatic heterocycles. The highest BCUT2D eigenvalue weighted by molar-refractivity contribution is 5.85. The summed E-state index contributed by atoms with van der Waals surface area (Å²) < 4.78 is 2.16. The summed E-state index contributed by atoms with van der Waals surface area (Å²) in [6, 6.07) is 17.2. The number of aromatic nitrogens is 2. The Balaban J connectivity index is 1.43. The van der Waals surface area contributed by atoms with E-state index < -0.39 is 5.97 Å². The van der Waals surface area contributed by atoms with Crippen molar-refractivity contribution in [3.05, 3.63) is 71.4 Å². The van der Waals surface area contributed by atoms with Gasteiger partial charge in [0, 0.05) is 11.3 Å². The Bertz CT molecular complexity index is 1140. The Labute approximate surface area is 201 Å². The molecule has 0 amide bonds. The summed E-state index contributed by atoms with van der Waals surface area (Å²) in [4.78, 5) is 13.1. The Morgan fingerprint density at radius 1 is 1.06 bits per heavy atom. The van der Waals surface area contributed by atoms with Crippen molar-refractivity contribution in [3.8, 4) is 0 Å². The Hall–Kier alpha value is -2.96. The number of benzene rings is 2. The zero-order chi connectivity index (χ0) is 23.3. The summed E-state index contributed by atoms with van der Waals surface area (Å²) in [6.07, 6.45) is 8.95. The van der Waals surface area contributed by atoms with Gasteiger partial charge in [0.2, 0.25) is 0 Å². The number of hydrogen-bond acceptors (Lipinski definition) is 4. The number of piperidine rings is 2. The molecule has 2 fully saturated rings. The van der Waals surface area contributed by atoms with Gasteiger partial charge in [0.25, 0.3) is 0 Å². The molecule has 2 aromatic carbocycles. The third-order valence-electron chi connectivity index (χ3n) is 7.26. The number of fused-ring (bicyclic) bond motifs is 1. The van der Waals surface area contributed by atoms with Crippen LogP contribution in [0.5, 0.6) is 0 Å². The van der Waals surface area contributed by atoms with Gasteiger partial charge in [-0.3, -0.25) is 14.4 Å². The minimum atomic E-state index is -0.749. The van der Waals surface area contributed by atoms with Crippen LogP contribution in [0, 0.1) is 5.92 Å². The van der Waals surface area contributed by atoms with Crippen LogP contribution in [0.15, 0.2) is 54.6 Å². The maximum atomic E-state index is 11.1. The highest BCUT2D eigenvalue weighted by Crippen LogP contribution is 2.33. The maximum absolute atomic E-state index is 11.1. The first kappa shape index (κ1) is 22.8. The summed E-state index contributed by atoms with van der Waals surface area (Å²) in [5, 5.41) is 18.9. The number of carboxylic acid groups (broad SMARTS) is 1. The van der Waals surface area contributed by atoms with Crippen LogP contribution >= 0.6 is 0 Å². The molecule has 0 bridgehead atoms. The van der Waals surface area contributed by atoms with E-state index in [9.17, 15) is 4.79 Å². The third kappa shape index (κ3) is 5.40. The molecule has 5 rings (SSSR count). The van der Waals surface area contributed by atoms with Crippen LogP contribution in [0.25, 0.3) is 17.0 Å². The van der Waals surface area contributed by atoms with Gasteiger partial charge in [0.05, 0.1) is 24.3 Å². The maximum Gasteiger partial charge on any atom is 0.317 e. The van der Waals surface area contributed by atoms with Gasteiger partial charge in [-0.05, 0) is 75.0 Å². The van der Waals surface area contributed by atoms with Crippen molar-refractivity contribution >= 4 is 22.9 Å². The fourth-order valence-corrected chi connectivity index (χ4v) is 5.34. The van der Waals surface area contributed by atoms with E-state index in [0.717, 1.165) is 51.3 Å². The molecule has 0 unspecified atom stereocenters. The highest BCUT2D eigenvalue weighted by atomic mass is 16.4. The van der Waals surface area contributed by atoms with Crippen LogP contribution in [-0.2, 0) is 11.3 Å². The molecule has 178 valence electrons. The van der Waals surface area contributed by atoms with Crippen LogP contribution in [-0.4, -0.2) is 58.5 Å². The molecule has 6 heteroatoms. The van der Waals surface area contributed by atoms with Crippen molar-refractivity contribution in [1.82, 2.24) is 20.0 Å². The van der Waals surface area contributed by atoms with E-state index in [-0.39, 0.29) is 6.54 Å². The second-order valence-electron chi connectivity index (χ2n) is 9.70. The monoisotopic (exact) mass is 458 g/mol. The number of nitrogens with one attached hydrogen (secondary N) is 1. The van der Waals surface area contributed by atoms with Gasteiger partial charge in [-0.25, -0.2) is 0 Å². The lowest BCUT2D eigenvalue weighted by Crippen LogP contribution is -2.36. The molecule has 0 radical (unpaired) electrons. The van der Waals surface area contributed by atoms with Crippen molar-refractivity contribution in [2.24, 2.45) is 5.92 Å². The molecule has 3 aromatic rings. The number of rotatable bonds is 7. The minimum absolute atomic E-state index is 0.128. The lowest BCUT2D eigenvalue weighted by atomic mass is 9.91. The van der Waals surface area contributed by atoms with Crippen molar-refractivity contribution in [2.75, 3.05) is 32.7 Å². The SMILES string of the molecule is O=C(O)CN1CCC(c2nn(Cc3ccccc3)c3cc(C=CC4CCNCC4)ccc23)CC1. The van der Waals surface area contributed by atoms with Gasteiger partial charge in [0.15, 0.2) is 0 Å². The fraction of sp³-hybridized carbons (Fsp3) is 0.429. The van der Waals surface area contributed by atoms with E-state index in [1.165, 1.54) is 34.9 Å². The molecule has 0 aliphatic carbocycles. The van der Waals surface area contributed by atoms with Crippen molar-refractivity contribution in [1.29, 1.82) is 0 Å². The number of allylic oxidation sites excluding steroid dienone is 1. The Morgan fingerprint density at radius 2 is 1.82 bits per heavy atom. The molecule has 0 atom stereocenters. The van der Waals surface area contributed by atoms with E-state index in [2.05, 4.69) is 64.6 Å². The van der Waals surface area contributed by atoms with Crippen LogP contribution in [0.3, 0.4) is 0 Å². The lowest BCUT2D eigenvalue weighted by molar-refractivity contribution is -0.138. The second kappa shape index (κ2) is 10.5. The number of nitrogens with zero attached hydrogens (tertiary/aromatic N) is 3. The molecule has 2 aliphatic rings. The van der Waals surface area contributed by atoms with E-state index in [1.807, 2.05) is 11.0 Å². The quantitative estimate of drug-likeness (QED) is 0.551. The molecular weight excluding hydrogens is 424 g/mol. The van der Waals surface area contributed by atoms with E-state index >= 15 is 0 Å². The van der Waals surface area contributed by atoms with Gasteiger partial charge < -0.3 is 10.4 Å². The molecular formula is C28H34N4O2. The standard InChI is InChI=1S/C28H34N4O2/c33-27(34)20-31-16-12-24(13-17-31)28-25-9-8-22(7-6-21-10-14-29-15-11-21)18-26(25)32(30-28)19-23-4-2-1-3-5-23/h1-9,18,21,24,29H,10-17,19-20H2,(H,33,34). The van der Waals surface area contributed by atoms with Crippen LogP contribution in [0.2, 0.25) is 0 Å². The number of hydrogen-bond donors (Lipinski definition) is 2. The molecule has 0 spiro atoms. The number of carbonyl (C=O) groups is 1. The zero-order valence-electron chi connectivity index (χ0n) is 19.7. The smallest absolute Gasteiger partial charge is 0.317 e. The predicted octanol–water partition coefficient (Wildman–Crippen LogP) is 4.36. The molecule has 1 aromatic heterocycles. The molecule has 34 heavy (non-hydrogen) atoms. The molecule has 2 N–H and O–H groups in total. The summed E-state index contributed by atoms with van der Waals surface area (Å²) in [5.74, 6) is 0.263. The highest BCUT2D eigenvalue weighted by Gasteiger charge is 2.26. The molecule has 6 nitrogen and oxygen atoms in total. The first-order valence-electron chi connectivity index (χ1n) is 12.5. The Kier molecular flexibility index (Phi) is 7.07. The van der Waals surface area contributed by atoms with Crippen molar-refractivity contribution in [2.45, 2.75) is 38.1 Å². The van der Waals surface area contributed by atoms with Crippen molar-refractivity contribution in [3.63, 3.8) is 0 Å². The summed E-state index contributed by atoms with van der Waals surface area (Å²) in [6.45, 7) is 4.69. The van der Waals surface area contributed by atoms with Crippen LogP contribution in [0.4, 0.5) is 0 Å². The predicted molar refractivity (Wildman–Crippen MR) is 136 cm³/mol. The topological polar surface area (TPSA) is 70.4 Å². The second-order valence-corrected chi connectivity index (χ2v) is 9.70. The largest absolute Gasteiger partial charge is 0.480 e. The summed E-state index contributed by atoms with van der Waals surface area (Å²) in [7, 11) is 0. The van der Waals surface area contributed by atoms with Gasteiger partial charge in [-0.1, -0.05) is 54.6 Å². The van der Waals surface area contributed by atoms with Gasteiger partial charge in [-0.2, -0.15) is 5.10 Å². The van der Waals surface area contributed by atoms with E-state index in [0.29, 0.717) is 11.8 Å². The average Bonchev–Trinajstić information content (AvgIpc) is 3.22. The van der Waals surface area contributed by atoms with Gasteiger partial charge in [0.1, 0.15) is 0 Å². The lowest BCUT2D eigenvalue weighted by Gasteiger charge is -2.30. The summed E-state index contributed by atoms with van der Waals surface area (Å²) in [5.41, 5.74) is 4.81. The third-order valence-corrected chi connectivity index (χ3v) is 7.26. The van der Waals surface area contributed by atoms with Crippen LogP contribution < -0.4 is 5.32 Å². The zero-order valence-corrected chi connectivity index (χ0v) is 19.7. The molecule has 2 saturated heterocycles. The average molecular weight is 459 g/mol. The van der Waals surface area contributed by atoms with Gasteiger partial charge >= 0.3 is 5.97 Å². The fourth-order valence-electron chi connectivity index (χ4n) is 5.34. The van der Waals surface area contributed by atoms with Crippen LogP contribution in [0.1, 0.15) is 48.4 Å². The number of aliphatic carboxylic acids is 1. The van der Waals surface area contributed by atoms with E-state index in [1.54, 1.807) is 0 Å². The van der Waals surface area contributed by atoms with E-state index in [4.69, 9.17) is 10.2 Å². The normalized spacial score (nSPS) is 18.7. The van der Waals surface area contributed by atoms with Gasteiger partial charge in [-0.15, -0.1) is 0 Å². The summed E-state index contributed by atoms with van der Waals surface area (Å²) >= 11 is 0. The first-order chi connectivity index (χ1) is 16.7. The number of likely N-dealkylation sites (tertiary alicyclic amines) is 1. The Morgan fingerprint density at radius 3 is 2.56 bits per heavy atom. The number of carboxylic acids is 1. The molecule has 0 saturated carbocycles.